The Balaban J connectivity index is 1.88. The molecule has 2 aromatic rings. The number of Topliss-reactive ketones (excluding diaryl/α,β-unsaturated/α-hetero) is 1. The van der Waals surface area contributed by atoms with Crippen LogP contribution in [0.25, 0.3) is 0 Å². The van der Waals surface area contributed by atoms with E-state index in [1.54, 1.807) is 23.1 Å². The minimum absolute atomic E-state index is 0.0352. The zero-order valence-electron chi connectivity index (χ0n) is 17.7. The number of amides is 1. The number of aryl methyl sites for hydroxylation is 1. The number of phenolic OH excluding ortho intramolecular Hbond substituents is 1. The Bertz CT molecular complexity index is 1080. The molecular weight excluding hydrogens is 418 g/mol. The van der Waals surface area contributed by atoms with Crippen molar-refractivity contribution in [3.8, 4) is 17.2 Å². The van der Waals surface area contributed by atoms with E-state index < -0.39 is 5.92 Å². The second-order valence-corrected chi connectivity index (χ2v) is 8.24. The van der Waals surface area contributed by atoms with Gasteiger partial charge in [-0.25, -0.2) is 0 Å². The van der Waals surface area contributed by atoms with Gasteiger partial charge in [0, 0.05) is 35.1 Å². The molecule has 7 heteroatoms. The van der Waals surface area contributed by atoms with Crippen LogP contribution < -0.4 is 14.4 Å². The van der Waals surface area contributed by atoms with Crippen molar-refractivity contribution in [1.82, 2.24) is 0 Å². The van der Waals surface area contributed by atoms with E-state index in [9.17, 15) is 14.7 Å². The van der Waals surface area contributed by atoms with Gasteiger partial charge in [0.15, 0.2) is 17.3 Å². The lowest BCUT2D eigenvalue weighted by Crippen LogP contribution is -2.40. The Morgan fingerprint density at radius 1 is 1.06 bits per heavy atom. The Morgan fingerprint density at radius 2 is 1.74 bits per heavy atom. The minimum atomic E-state index is -0.434. The number of carbonyl (C=O) groups excluding carboxylic acids is 2. The van der Waals surface area contributed by atoms with E-state index in [1.807, 2.05) is 19.1 Å². The Kier molecular flexibility index (Phi) is 5.67. The summed E-state index contributed by atoms with van der Waals surface area (Å²) in [5, 5.41) is 10.8. The van der Waals surface area contributed by atoms with E-state index in [0.29, 0.717) is 41.1 Å². The van der Waals surface area contributed by atoms with Crippen molar-refractivity contribution >= 4 is 29.0 Å². The molecule has 1 heterocycles. The number of phenols is 1. The SMILES string of the molecule is COc1cc(C2CC(=O)N(c3ccc(C)c(Cl)c3)C3=C2C(=O)CCC3)cc(OC)c1O. The summed E-state index contributed by atoms with van der Waals surface area (Å²) in [5.74, 6) is -0.149. The number of hydrogen-bond acceptors (Lipinski definition) is 5. The molecule has 2 aliphatic rings. The highest BCUT2D eigenvalue weighted by Crippen LogP contribution is 2.47. The Morgan fingerprint density at radius 3 is 2.35 bits per heavy atom. The third kappa shape index (κ3) is 3.65. The van der Waals surface area contributed by atoms with E-state index in [-0.39, 0.29) is 35.4 Å². The van der Waals surface area contributed by atoms with Gasteiger partial charge in [0.25, 0.3) is 0 Å². The maximum Gasteiger partial charge on any atom is 0.232 e. The molecule has 1 unspecified atom stereocenters. The standard InChI is InChI=1S/C24H24ClNO5/c1-13-7-8-15(11-17(13)25)26-18-5-4-6-19(27)23(18)16(12-22(26)28)14-9-20(30-2)24(29)21(10-14)31-3/h7-11,16,29H,4-6,12H2,1-3H3. The molecule has 0 saturated heterocycles. The number of ether oxygens (including phenoxy) is 2. The molecule has 0 fully saturated rings. The zero-order valence-corrected chi connectivity index (χ0v) is 18.5. The second kappa shape index (κ2) is 8.27. The summed E-state index contributed by atoms with van der Waals surface area (Å²) in [5.41, 5.74) is 3.65. The molecule has 1 atom stereocenters. The summed E-state index contributed by atoms with van der Waals surface area (Å²) in [6.07, 6.45) is 1.88. The molecule has 0 spiro atoms. The maximum absolute atomic E-state index is 13.3. The highest BCUT2D eigenvalue weighted by Gasteiger charge is 2.40. The third-order valence-corrected chi connectivity index (χ3v) is 6.40. The number of benzene rings is 2. The van der Waals surface area contributed by atoms with Gasteiger partial charge in [-0.1, -0.05) is 17.7 Å². The van der Waals surface area contributed by atoms with Gasteiger partial charge in [-0.3, -0.25) is 14.5 Å². The van der Waals surface area contributed by atoms with Crippen molar-refractivity contribution in [2.75, 3.05) is 19.1 Å². The first-order valence-electron chi connectivity index (χ1n) is 10.2. The van der Waals surface area contributed by atoms with Gasteiger partial charge in [-0.15, -0.1) is 0 Å². The molecule has 6 nitrogen and oxygen atoms in total. The fourth-order valence-electron chi connectivity index (χ4n) is 4.41. The average molecular weight is 442 g/mol. The molecule has 1 N–H and O–H groups in total. The first kappa shape index (κ1) is 21.2. The van der Waals surface area contributed by atoms with E-state index in [4.69, 9.17) is 21.1 Å². The lowest BCUT2D eigenvalue weighted by atomic mass is 9.77. The Hall–Kier alpha value is -2.99. The summed E-state index contributed by atoms with van der Waals surface area (Å²) < 4.78 is 10.6. The molecule has 0 aromatic heterocycles. The number of ketones is 1. The predicted molar refractivity (Wildman–Crippen MR) is 118 cm³/mol. The number of nitrogens with zero attached hydrogens (tertiary/aromatic N) is 1. The molecule has 1 aliphatic heterocycles. The fraction of sp³-hybridized carbons (Fsp3) is 0.333. The number of anilines is 1. The summed E-state index contributed by atoms with van der Waals surface area (Å²) in [7, 11) is 2.90. The van der Waals surface area contributed by atoms with Crippen LogP contribution >= 0.6 is 11.6 Å². The maximum atomic E-state index is 13.3. The number of methoxy groups -OCH3 is 2. The molecule has 1 amide bonds. The van der Waals surface area contributed by atoms with Crippen molar-refractivity contribution in [2.45, 2.75) is 38.5 Å². The van der Waals surface area contributed by atoms with Crippen LogP contribution in [0.3, 0.4) is 0 Å². The van der Waals surface area contributed by atoms with Crippen molar-refractivity contribution in [2.24, 2.45) is 0 Å². The summed E-state index contributed by atoms with van der Waals surface area (Å²) in [4.78, 5) is 28.0. The first-order valence-corrected chi connectivity index (χ1v) is 10.5. The predicted octanol–water partition coefficient (Wildman–Crippen LogP) is 4.90. The topological polar surface area (TPSA) is 76.1 Å². The number of rotatable bonds is 4. The van der Waals surface area contributed by atoms with Crippen molar-refractivity contribution in [3.05, 3.63) is 57.8 Å². The quantitative estimate of drug-likeness (QED) is 0.730. The van der Waals surface area contributed by atoms with E-state index in [2.05, 4.69) is 0 Å². The first-order chi connectivity index (χ1) is 14.8. The Labute approximate surface area is 186 Å². The van der Waals surface area contributed by atoms with Crippen LogP contribution in [0.2, 0.25) is 5.02 Å². The molecule has 0 radical (unpaired) electrons. The third-order valence-electron chi connectivity index (χ3n) is 5.99. The highest BCUT2D eigenvalue weighted by molar-refractivity contribution is 6.31. The molecule has 1 aliphatic carbocycles. The lowest BCUT2D eigenvalue weighted by molar-refractivity contribution is -0.119. The van der Waals surface area contributed by atoms with Crippen LogP contribution in [-0.4, -0.2) is 31.0 Å². The summed E-state index contributed by atoms with van der Waals surface area (Å²) in [6.45, 7) is 1.90. The van der Waals surface area contributed by atoms with Crippen molar-refractivity contribution < 1.29 is 24.2 Å². The fourth-order valence-corrected chi connectivity index (χ4v) is 4.59. The van der Waals surface area contributed by atoms with E-state index >= 15 is 0 Å². The molecule has 0 saturated carbocycles. The van der Waals surface area contributed by atoms with Crippen molar-refractivity contribution in [1.29, 1.82) is 0 Å². The van der Waals surface area contributed by atoms with Gasteiger partial charge < -0.3 is 14.6 Å². The van der Waals surface area contributed by atoms with Crippen LogP contribution in [0, 0.1) is 6.92 Å². The van der Waals surface area contributed by atoms with Gasteiger partial charge in [0.05, 0.1) is 19.9 Å². The number of allylic oxidation sites excluding steroid dienone is 2. The second-order valence-electron chi connectivity index (χ2n) is 7.83. The summed E-state index contributed by atoms with van der Waals surface area (Å²) >= 11 is 6.32. The summed E-state index contributed by atoms with van der Waals surface area (Å²) in [6, 6.07) is 8.83. The van der Waals surface area contributed by atoms with Gasteiger partial charge in [0.1, 0.15) is 0 Å². The van der Waals surface area contributed by atoms with Gasteiger partial charge in [-0.2, -0.15) is 0 Å². The largest absolute Gasteiger partial charge is 0.502 e. The average Bonchev–Trinajstić information content (AvgIpc) is 2.75. The van der Waals surface area contributed by atoms with Crippen LogP contribution in [0.5, 0.6) is 17.2 Å². The monoisotopic (exact) mass is 441 g/mol. The highest BCUT2D eigenvalue weighted by atomic mass is 35.5. The molecule has 162 valence electrons. The van der Waals surface area contributed by atoms with Crippen molar-refractivity contribution in [3.63, 3.8) is 0 Å². The lowest BCUT2D eigenvalue weighted by Gasteiger charge is -2.38. The molecule has 2 aromatic carbocycles. The van der Waals surface area contributed by atoms with Crippen LogP contribution in [0.15, 0.2) is 41.6 Å². The van der Waals surface area contributed by atoms with Crippen LogP contribution in [-0.2, 0) is 9.59 Å². The number of hydrogen-bond donors (Lipinski definition) is 1. The van der Waals surface area contributed by atoms with E-state index in [0.717, 1.165) is 11.3 Å². The smallest absolute Gasteiger partial charge is 0.232 e. The molecule has 31 heavy (non-hydrogen) atoms. The van der Waals surface area contributed by atoms with Gasteiger partial charge in [-0.05, 0) is 55.2 Å². The van der Waals surface area contributed by atoms with Gasteiger partial charge in [0.2, 0.25) is 11.7 Å². The van der Waals surface area contributed by atoms with Crippen LogP contribution in [0.1, 0.15) is 42.7 Å². The number of halogens is 1. The van der Waals surface area contributed by atoms with Gasteiger partial charge >= 0.3 is 0 Å². The molecule has 0 bridgehead atoms. The number of aromatic hydroxyl groups is 1. The normalized spacial score (nSPS) is 18.8. The minimum Gasteiger partial charge on any atom is -0.502 e. The number of carbonyl (C=O) groups is 2. The zero-order chi connectivity index (χ0) is 22.3. The molecule has 4 rings (SSSR count). The van der Waals surface area contributed by atoms with Crippen LogP contribution in [0.4, 0.5) is 5.69 Å². The molecular formula is C24H24ClNO5. The van der Waals surface area contributed by atoms with E-state index in [1.165, 1.54) is 14.2 Å².